The van der Waals surface area contributed by atoms with Crippen molar-refractivity contribution in [3.05, 3.63) is 182 Å². The van der Waals surface area contributed by atoms with Crippen molar-refractivity contribution in [2.45, 2.75) is 0 Å². The lowest BCUT2D eigenvalue weighted by Gasteiger charge is -2.26. The van der Waals surface area contributed by atoms with E-state index in [4.69, 9.17) is 0 Å². The van der Waals surface area contributed by atoms with Gasteiger partial charge in [-0.05, 0) is 77.2 Å². The minimum absolute atomic E-state index is 1.11. The van der Waals surface area contributed by atoms with Crippen LogP contribution in [0.5, 0.6) is 0 Å². The average molecular weight is 643 g/mol. The second kappa shape index (κ2) is 11.2. The predicted molar refractivity (Wildman–Crippen MR) is 211 cm³/mol. The van der Waals surface area contributed by atoms with Gasteiger partial charge in [0.2, 0.25) is 0 Å². The molecule has 0 bridgehead atoms. The molecule has 0 unspecified atom stereocenters. The van der Waals surface area contributed by atoms with Gasteiger partial charge >= 0.3 is 0 Å². The van der Waals surface area contributed by atoms with E-state index in [1.807, 2.05) is 11.3 Å². The minimum Gasteiger partial charge on any atom is -0.310 e. The number of benzene rings is 8. The highest BCUT2D eigenvalue weighted by molar-refractivity contribution is 7.25. The Morgan fingerprint density at radius 2 is 0.980 bits per heavy atom. The maximum Gasteiger partial charge on any atom is 0.0619 e. The first-order valence-corrected chi connectivity index (χ1v) is 17.5. The Hall–Kier alpha value is -6.16. The molecule has 0 spiro atoms. The Balaban J connectivity index is 1.14. The van der Waals surface area contributed by atoms with Gasteiger partial charge in [-0.3, -0.25) is 0 Å². The largest absolute Gasteiger partial charge is 0.310 e. The van der Waals surface area contributed by atoms with Gasteiger partial charge in [-0.2, -0.15) is 0 Å². The zero-order valence-corrected chi connectivity index (χ0v) is 27.4. The zero-order valence-electron chi connectivity index (χ0n) is 26.6. The third kappa shape index (κ3) is 4.55. The Morgan fingerprint density at radius 1 is 0.388 bits per heavy atom. The molecule has 10 aromatic rings. The first kappa shape index (κ1) is 27.9. The van der Waals surface area contributed by atoms with Crippen LogP contribution < -0.4 is 4.90 Å². The fourth-order valence-electron chi connectivity index (χ4n) is 7.48. The van der Waals surface area contributed by atoms with Crippen LogP contribution in [0.3, 0.4) is 0 Å². The van der Waals surface area contributed by atoms with Crippen LogP contribution in [0.4, 0.5) is 17.1 Å². The second-order valence-electron chi connectivity index (χ2n) is 12.6. The van der Waals surface area contributed by atoms with Crippen LogP contribution in [0.2, 0.25) is 0 Å². The Morgan fingerprint density at radius 3 is 1.80 bits per heavy atom. The lowest BCUT2D eigenvalue weighted by atomic mass is 10.0. The summed E-state index contributed by atoms with van der Waals surface area (Å²) >= 11 is 1.86. The highest BCUT2D eigenvalue weighted by Gasteiger charge is 2.18. The fourth-order valence-corrected chi connectivity index (χ4v) is 8.62. The van der Waals surface area contributed by atoms with Gasteiger partial charge in [0, 0.05) is 59.1 Å². The van der Waals surface area contributed by atoms with Crippen LogP contribution in [0.25, 0.3) is 69.6 Å². The maximum atomic E-state index is 2.43. The molecule has 0 saturated carbocycles. The van der Waals surface area contributed by atoms with E-state index < -0.39 is 0 Å². The Labute approximate surface area is 288 Å². The number of nitrogens with zero attached hydrogens (tertiary/aromatic N) is 2. The van der Waals surface area contributed by atoms with Crippen molar-refractivity contribution in [1.29, 1.82) is 0 Å². The van der Waals surface area contributed by atoms with Crippen LogP contribution in [0.15, 0.2) is 182 Å². The summed E-state index contributed by atoms with van der Waals surface area (Å²) in [5.41, 5.74) is 9.40. The van der Waals surface area contributed by atoms with Crippen LogP contribution in [0.1, 0.15) is 0 Å². The van der Waals surface area contributed by atoms with Gasteiger partial charge in [-0.1, -0.05) is 121 Å². The van der Waals surface area contributed by atoms with Crippen LogP contribution >= 0.6 is 11.3 Å². The van der Waals surface area contributed by atoms with E-state index in [9.17, 15) is 0 Å². The van der Waals surface area contributed by atoms with Gasteiger partial charge in [0.05, 0.1) is 11.0 Å². The number of fused-ring (bicyclic) bond motifs is 8. The van der Waals surface area contributed by atoms with Gasteiger partial charge in [0.25, 0.3) is 0 Å². The summed E-state index contributed by atoms with van der Waals surface area (Å²) in [4.78, 5) is 2.38. The number of thiophene rings is 1. The van der Waals surface area contributed by atoms with Crippen molar-refractivity contribution in [2.24, 2.45) is 0 Å². The lowest BCUT2D eigenvalue weighted by Crippen LogP contribution is -2.10. The summed E-state index contributed by atoms with van der Waals surface area (Å²) in [7, 11) is 0. The number of rotatable bonds is 5. The van der Waals surface area contributed by atoms with Crippen LogP contribution in [-0.4, -0.2) is 4.57 Å². The smallest absolute Gasteiger partial charge is 0.0619 e. The van der Waals surface area contributed by atoms with Crippen molar-refractivity contribution < 1.29 is 0 Å². The molecule has 8 aromatic carbocycles. The van der Waals surface area contributed by atoms with E-state index in [-0.39, 0.29) is 0 Å². The van der Waals surface area contributed by atoms with Crippen molar-refractivity contribution >= 4 is 81.1 Å². The molecule has 3 heteroatoms. The topological polar surface area (TPSA) is 8.17 Å². The van der Waals surface area contributed by atoms with Crippen molar-refractivity contribution in [3.8, 4) is 16.8 Å². The van der Waals surface area contributed by atoms with Gasteiger partial charge in [0.1, 0.15) is 0 Å². The molecule has 0 N–H and O–H groups in total. The molecule has 0 aliphatic heterocycles. The third-order valence-electron chi connectivity index (χ3n) is 9.78. The number of hydrogen-bond donors (Lipinski definition) is 0. The molecule has 49 heavy (non-hydrogen) atoms. The van der Waals surface area contributed by atoms with Gasteiger partial charge < -0.3 is 9.47 Å². The van der Waals surface area contributed by atoms with E-state index in [1.165, 1.54) is 63.9 Å². The molecule has 10 rings (SSSR count). The van der Waals surface area contributed by atoms with Crippen LogP contribution in [-0.2, 0) is 0 Å². The molecule has 0 atom stereocenters. The summed E-state index contributed by atoms with van der Waals surface area (Å²) in [6.45, 7) is 0. The highest BCUT2D eigenvalue weighted by atomic mass is 32.1. The quantitative estimate of drug-likeness (QED) is 0.181. The second-order valence-corrected chi connectivity index (χ2v) is 13.7. The minimum atomic E-state index is 1.11. The third-order valence-corrected chi connectivity index (χ3v) is 10.9. The van der Waals surface area contributed by atoms with Crippen molar-refractivity contribution in [1.82, 2.24) is 4.57 Å². The number of aromatic nitrogens is 1. The van der Waals surface area contributed by atoms with E-state index in [1.54, 1.807) is 0 Å². The number of hydrogen-bond acceptors (Lipinski definition) is 2. The molecular weight excluding hydrogens is 613 g/mol. The summed E-state index contributed by atoms with van der Waals surface area (Å²) in [6, 6.07) is 66.2. The molecule has 0 saturated heterocycles. The molecule has 2 aromatic heterocycles. The molecule has 0 aliphatic carbocycles. The summed E-state index contributed by atoms with van der Waals surface area (Å²) < 4.78 is 5.04. The first-order chi connectivity index (χ1) is 24.3. The van der Waals surface area contributed by atoms with Gasteiger partial charge in [-0.25, -0.2) is 0 Å². The van der Waals surface area contributed by atoms with E-state index in [0.717, 1.165) is 22.7 Å². The molecule has 0 aliphatic rings. The molecule has 2 nitrogen and oxygen atoms in total. The molecular formula is C46H30N2S. The fraction of sp³-hybridized carbons (Fsp3) is 0. The lowest BCUT2D eigenvalue weighted by molar-refractivity contribution is 1.18. The Bertz CT molecular complexity index is 2810. The van der Waals surface area contributed by atoms with Crippen LogP contribution in [0, 0.1) is 0 Å². The number of anilines is 3. The summed E-state index contributed by atoms with van der Waals surface area (Å²) in [5, 5.41) is 7.67. The maximum absolute atomic E-state index is 2.43. The molecule has 0 amide bonds. The molecule has 2 heterocycles. The number of para-hydroxylation sites is 1. The normalized spacial score (nSPS) is 11.7. The zero-order chi connectivity index (χ0) is 32.3. The van der Waals surface area contributed by atoms with Gasteiger partial charge in [0.15, 0.2) is 0 Å². The van der Waals surface area contributed by atoms with E-state index >= 15 is 0 Å². The SMILES string of the molecule is c1ccc(-c2ccc(N(c3ccc(-n4c5ccccc5c5ccc6ccccc6c54)cc3)c3ccc4c(c3)sc3ccccc34)cc2)cc1. The standard InChI is InChI=1S/C46H30N2S/c1-2-10-31(11-3-1)32-18-21-34(22-19-32)47(37-27-29-41-40-15-7-9-17-44(40)49-45(41)30-37)35-23-25-36(26-24-35)48-43-16-8-6-14-39(43)42-28-20-33-12-4-5-13-38(33)46(42)48/h1-30H. The molecule has 0 fully saturated rings. The highest BCUT2D eigenvalue weighted by Crippen LogP contribution is 2.42. The van der Waals surface area contributed by atoms with Crippen molar-refractivity contribution in [2.75, 3.05) is 4.90 Å². The average Bonchev–Trinajstić information content (AvgIpc) is 3.72. The predicted octanol–water partition coefficient (Wildman–Crippen LogP) is 13.4. The summed E-state index contributed by atoms with van der Waals surface area (Å²) in [5.74, 6) is 0. The van der Waals surface area contributed by atoms with E-state index in [0.29, 0.717) is 0 Å². The molecule has 230 valence electrons. The first-order valence-electron chi connectivity index (χ1n) is 16.7. The molecule has 0 radical (unpaired) electrons. The van der Waals surface area contributed by atoms with E-state index in [2.05, 4.69) is 191 Å². The monoisotopic (exact) mass is 642 g/mol. The summed E-state index contributed by atoms with van der Waals surface area (Å²) in [6.07, 6.45) is 0. The van der Waals surface area contributed by atoms with Crippen molar-refractivity contribution in [3.63, 3.8) is 0 Å². The Kier molecular flexibility index (Phi) is 6.39. The van der Waals surface area contributed by atoms with Gasteiger partial charge in [-0.15, -0.1) is 11.3 Å².